The van der Waals surface area contributed by atoms with Gasteiger partial charge in [0.15, 0.2) is 5.82 Å². The lowest BCUT2D eigenvalue weighted by Gasteiger charge is -2.14. The Kier molecular flexibility index (Phi) is 9.63. The van der Waals surface area contributed by atoms with Crippen molar-refractivity contribution in [2.24, 2.45) is 5.10 Å². The van der Waals surface area contributed by atoms with Gasteiger partial charge >= 0.3 is 0 Å². The number of nitrogens with one attached hydrogen (secondary N) is 2. The highest BCUT2D eigenvalue weighted by Gasteiger charge is 2.07. The second kappa shape index (κ2) is 12.2. The van der Waals surface area contributed by atoms with E-state index in [1.807, 2.05) is 32.9 Å². The first-order valence-corrected chi connectivity index (χ1v) is 9.83. The number of aryl methyl sites for hydroxylation is 1. The summed E-state index contributed by atoms with van der Waals surface area (Å²) in [6.07, 6.45) is 0.131. The summed E-state index contributed by atoms with van der Waals surface area (Å²) >= 11 is 6.07. The Labute approximate surface area is 176 Å². The number of aliphatic hydroxyl groups is 1. The molecule has 0 amide bonds. The average molecular weight is 422 g/mol. The van der Waals surface area contributed by atoms with Crippen molar-refractivity contribution in [1.82, 2.24) is 15.5 Å². The molecule has 0 radical (unpaired) electrons. The predicted octanol–water partition coefficient (Wildman–Crippen LogP) is 3.04. The van der Waals surface area contributed by atoms with Gasteiger partial charge in [-0.15, -0.1) is 10.2 Å². The van der Waals surface area contributed by atoms with E-state index < -0.39 is 6.10 Å². The summed E-state index contributed by atoms with van der Waals surface area (Å²) in [7, 11) is 0. The lowest BCUT2D eigenvalue weighted by molar-refractivity contribution is 0.106. The number of hydrogen-bond acceptors (Lipinski definition) is 8. The van der Waals surface area contributed by atoms with Crippen LogP contribution in [0.1, 0.15) is 25.8 Å². The molecule has 0 bridgehead atoms. The van der Waals surface area contributed by atoms with Crippen molar-refractivity contribution in [3.8, 4) is 11.6 Å². The average Bonchev–Trinajstić information content (AvgIpc) is 2.70. The number of hydrogen-bond donors (Lipinski definition) is 3. The number of aliphatic hydroxyl groups excluding tert-OH is 1. The molecule has 0 spiro atoms. The van der Waals surface area contributed by atoms with Gasteiger partial charge in [-0.1, -0.05) is 17.7 Å². The SMILES string of the molecule is CC(C)=NNc1ccc(OCCCNCC(O)COc2cc(C)ccc2Cl)nn1. The highest BCUT2D eigenvalue weighted by Crippen LogP contribution is 2.25. The molecule has 0 saturated heterocycles. The number of aromatic nitrogens is 2. The summed E-state index contributed by atoms with van der Waals surface area (Å²) in [5.41, 5.74) is 4.75. The van der Waals surface area contributed by atoms with Crippen LogP contribution in [0.5, 0.6) is 11.6 Å². The van der Waals surface area contributed by atoms with Crippen LogP contribution in [0.4, 0.5) is 5.82 Å². The van der Waals surface area contributed by atoms with E-state index in [-0.39, 0.29) is 6.61 Å². The maximum Gasteiger partial charge on any atom is 0.233 e. The van der Waals surface area contributed by atoms with Crippen LogP contribution in [-0.4, -0.2) is 53.4 Å². The molecule has 0 aliphatic heterocycles. The molecule has 1 heterocycles. The first-order chi connectivity index (χ1) is 13.9. The Morgan fingerprint density at radius 3 is 2.76 bits per heavy atom. The quantitative estimate of drug-likeness (QED) is 0.275. The molecule has 8 nitrogen and oxygen atoms in total. The third-order valence-electron chi connectivity index (χ3n) is 3.68. The van der Waals surface area contributed by atoms with Gasteiger partial charge in [-0.05, 0) is 57.5 Å². The normalized spacial score (nSPS) is 11.6. The summed E-state index contributed by atoms with van der Waals surface area (Å²) in [4.78, 5) is 0. The molecule has 29 heavy (non-hydrogen) atoms. The number of anilines is 1. The third kappa shape index (κ3) is 9.08. The lowest BCUT2D eigenvalue weighted by atomic mass is 10.2. The smallest absolute Gasteiger partial charge is 0.233 e. The molecular weight excluding hydrogens is 394 g/mol. The minimum Gasteiger partial charge on any atom is -0.489 e. The number of nitrogens with zero attached hydrogens (tertiary/aromatic N) is 3. The molecule has 1 unspecified atom stereocenters. The fourth-order valence-corrected chi connectivity index (χ4v) is 2.41. The number of benzene rings is 1. The largest absolute Gasteiger partial charge is 0.489 e. The zero-order valence-electron chi connectivity index (χ0n) is 17.0. The van der Waals surface area contributed by atoms with E-state index in [4.69, 9.17) is 21.1 Å². The Morgan fingerprint density at radius 1 is 1.21 bits per heavy atom. The van der Waals surface area contributed by atoms with Crippen LogP contribution in [0.2, 0.25) is 5.02 Å². The van der Waals surface area contributed by atoms with Crippen LogP contribution in [-0.2, 0) is 0 Å². The van der Waals surface area contributed by atoms with Crippen molar-refractivity contribution in [3.05, 3.63) is 40.9 Å². The molecule has 0 fully saturated rings. The zero-order chi connectivity index (χ0) is 21.1. The number of ether oxygens (including phenoxy) is 2. The molecule has 158 valence electrons. The highest BCUT2D eigenvalue weighted by molar-refractivity contribution is 6.32. The number of halogens is 1. The molecule has 1 aromatic heterocycles. The maximum absolute atomic E-state index is 10.0. The van der Waals surface area contributed by atoms with Crippen molar-refractivity contribution < 1.29 is 14.6 Å². The van der Waals surface area contributed by atoms with Crippen LogP contribution in [0.25, 0.3) is 0 Å². The first kappa shape index (κ1) is 22.9. The minimum atomic E-state index is -0.632. The van der Waals surface area contributed by atoms with Gasteiger partial charge in [0.05, 0.1) is 11.6 Å². The molecular formula is C20H28ClN5O3. The molecule has 0 aliphatic carbocycles. The van der Waals surface area contributed by atoms with Crippen molar-refractivity contribution in [1.29, 1.82) is 0 Å². The van der Waals surface area contributed by atoms with Gasteiger partial charge < -0.3 is 19.9 Å². The van der Waals surface area contributed by atoms with E-state index in [1.54, 1.807) is 18.2 Å². The molecule has 2 rings (SSSR count). The van der Waals surface area contributed by atoms with Crippen LogP contribution < -0.4 is 20.2 Å². The molecule has 1 aromatic carbocycles. The van der Waals surface area contributed by atoms with Gasteiger partial charge in [0, 0.05) is 18.3 Å². The predicted molar refractivity (Wildman–Crippen MR) is 115 cm³/mol. The summed E-state index contributed by atoms with van der Waals surface area (Å²) < 4.78 is 11.1. The van der Waals surface area contributed by atoms with Crippen LogP contribution in [0.3, 0.4) is 0 Å². The monoisotopic (exact) mass is 421 g/mol. The van der Waals surface area contributed by atoms with Gasteiger partial charge in [-0.25, -0.2) is 0 Å². The molecule has 0 saturated carbocycles. The minimum absolute atomic E-state index is 0.171. The summed E-state index contributed by atoms with van der Waals surface area (Å²) in [5.74, 6) is 1.60. The molecule has 1 atom stereocenters. The number of hydrazone groups is 1. The second-order valence-corrected chi connectivity index (χ2v) is 7.14. The van der Waals surface area contributed by atoms with Gasteiger partial charge in [0.1, 0.15) is 18.5 Å². The van der Waals surface area contributed by atoms with Crippen LogP contribution in [0.15, 0.2) is 35.4 Å². The van der Waals surface area contributed by atoms with E-state index in [2.05, 4.69) is 26.0 Å². The van der Waals surface area contributed by atoms with Gasteiger partial charge in [0.25, 0.3) is 0 Å². The van der Waals surface area contributed by atoms with Crippen LogP contribution in [0, 0.1) is 6.92 Å². The fraction of sp³-hybridized carbons (Fsp3) is 0.450. The highest BCUT2D eigenvalue weighted by atomic mass is 35.5. The fourth-order valence-electron chi connectivity index (χ4n) is 2.23. The first-order valence-electron chi connectivity index (χ1n) is 9.45. The Hall–Kier alpha value is -2.42. The van der Waals surface area contributed by atoms with Crippen molar-refractivity contribution in [2.75, 3.05) is 31.7 Å². The van der Waals surface area contributed by atoms with Crippen molar-refractivity contribution in [3.63, 3.8) is 0 Å². The van der Waals surface area contributed by atoms with E-state index in [0.29, 0.717) is 42.2 Å². The third-order valence-corrected chi connectivity index (χ3v) is 3.99. The van der Waals surface area contributed by atoms with Crippen molar-refractivity contribution >= 4 is 23.1 Å². The van der Waals surface area contributed by atoms with E-state index in [1.165, 1.54) is 0 Å². The molecule has 9 heteroatoms. The Morgan fingerprint density at radius 2 is 2.03 bits per heavy atom. The summed E-state index contributed by atoms with van der Waals surface area (Å²) in [6.45, 7) is 7.51. The summed E-state index contributed by atoms with van der Waals surface area (Å²) in [6, 6.07) is 9.04. The maximum atomic E-state index is 10.0. The van der Waals surface area contributed by atoms with Crippen molar-refractivity contribution in [2.45, 2.75) is 33.3 Å². The van der Waals surface area contributed by atoms with Gasteiger partial charge in [-0.2, -0.15) is 5.10 Å². The molecule has 0 aliphatic rings. The Balaban J connectivity index is 1.56. The summed E-state index contributed by atoms with van der Waals surface area (Å²) in [5, 5.41) is 25.7. The zero-order valence-corrected chi connectivity index (χ0v) is 17.7. The Bertz CT molecular complexity index is 782. The standard InChI is InChI=1S/C20H28ClN5O3/c1-14(2)23-24-19-7-8-20(26-25-19)28-10-4-9-22-12-16(27)13-29-18-11-15(3)5-6-17(18)21/h5-8,11,16,22,27H,4,9-10,12-13H2,1-3H3,(H,24,25). The topological polar surface area (TPSA) is 101 Å². The van der Waals surface area contributed by atoms with E-state index in [0.717, 1.165) is 17.7 Å². The van der Waals surface area contributed by atoms with Gasteiger partial charge in [-0.3, -0.25) is 5.43 Å². The molecule has 3 N–H and O–H groups in total. The second-order valence-electron chi connectivity index (χ2n) is 6.73. The van der Waals surface area contributed by atoms with E-state index in [9.17, 15) is 5.11 Å². The molecule has 2 aromatic rings. The van der Waals surface area contributed by atoms with Gasteiger partial charge in [0.2, 0.25) is 5.88 Å². The van der Waals surface area contributed by atoms with E-state index >= 15 is 0 Å². The lowest BCUT2D eigenvalue weighted by Crippen LogP contribution is -2.32. The van der Waals surface area contributed by atoms with Crippen LogP contribution >= 0.6 is 11.6 Å². The number of rotatable bonds is 12.